The third-order valence-corrected chi connectivity index (χ3v) is 2.96. The molecule has 1 atom stereocenters. The van der Waals surface area contributed by atoms with Gasteiger partial charge in [0.05, 0.1) is 12.6 Å². The minimum Gasteiger partial charge on any atom is -0.320 e. The second kappa shape index (κ2) is 4.62. The molecule has 2 heterocycles. The van der Waals surface area contributed by atoms with E-state index in [0.717, 1.165) is 5.82 Å². The van der Waals surface area contributed by atoms with Crippen molar-refractivity contribution in [2.24, 2.45) is 7.05 Å². The number of nitrogens with zero attached hydrogens (tertiary/aromatic N) is 4. The van der Waals surface area contributed by atoms with Crippen molar-refractivity contribution in [2.45, 2.75) is 25.4 Å². The molecule has 7 heteroatoms. The van der Waals surface area contributed by atoms with Gasteiger partial charge >= 0.3 is 0 Å². The van der Waals surface area contributed by atoms with Crippen LogP contribution in [0.1, 0.15) is 18.7 Å². The number of aryl methyl sites for hydroxylation is 1. The molecule has 7 nitrogen and oxygen atoms in total. The highest BCUT2D eigenvalue weighted by molar-refractivity contribution is 6.00. The summed E-state index contributed by atoms with van der Waals surface area (Å²) < 4.78 is 1.79. The highest BCUT2D eigenvalue weighted by atomic mass is 16.2. The SMILES string of the molecule is CN1C(=O)CCC(NCc2nncn2C)C1=O. The van der Waals surface area contributed by atoms with Crippen molar-refractivity contribution in [3.63, 3.8) is 0 Å². The summed E-state index contributed by atoms with van der Waals surface area (Å²) in [5.74, 6) is 0.465. The number of rotatable bonds is 3. The summed E-state index contributed by atoms with van der Waals surface area (Å²) in [4.78, 5) is 24.2. The molecule has 0 radical (unpaired) electrons. The Morgan fingerprint density at radius 3 is 2.88 bits per heavy atom. The molecule has 1 aromatic rings. The van der Waals surface area contributed by atoms with E-state index in [1.165, 1.54) is 11.9 Å². The largest absolute Gasteiger partial charge is 0.320 e. The fourth-order valence-corrected chi connectivity index (χ4v) is 1.79. The van der Waals surface area contributed by atoms with Crippen LogP contribution in [0.15, 0.2) is 6.33 Å². The Balaban J connectivity index is 1.94. The van der Waals surface area contributed by atoms with Gasteiger partial charge in [0.2, 0.25) is 11.8 Å². The maximum absolute atomic E-state index is 11.8. The number of carbonyl (C=O) groups is 2. The number of imide groups is 1. The Labute approximate surface area is 98.8 Å². The molecular weight excluding hydrogens is 222 g/mol. The van der Waals surface area contributed by atoms with Gasteiger partial charge in [-0.1, -0.05) is 0 Å². The lowest BCUT2D eigenvalue weighted by atomic mass is 10.0. The number of carbonyl (C=O) groups excluding carboxylic acids is 2. The molecular formula is C10H15N5O2. The number of hydrogen-bond donors (Lipinski definition) is 1. The van der Waals surface area contributed by atoms with Gasteiger partial charge in [-0.15, -0.1) is 10.2 Å². The molecule has 1 aliphatic rings. The first-order valence-electron chi connectivity index (χ1n) is 5.46. The highest BCUT2D eigenvalue weighted by Gasteiger charge is 2.31. The van der Waals surface area contributed by atoms with Gasteiger partial charge in [0.25, 0.3) is 0 Å². The summed E-state index contributed by atoms with van der Waals surface area (Å²) >= 11 is 0. The molecule has 0 saturated carbocycles. The van der Waals surface area contributed by atoms with Crippen LogP contribution in [-0.2, 0) is 23.2 Å². The number of amides is 2. The molecule has 0 aromatic carbocycles. The summed E-state index contributed by atoms with van der Waals surface area (Å²) in [6.45, 7) is 0.467. The summed E-state index contributed by atoms with van der Waals surface area (Å²) in [6.07, 6.45) is 2.55. The van der Waals surface area contributed by atoms with Crippen LogP contribution in [0.5, 0.6) is 0 Å². The molecule has 17 heavy (non-hydrogen) atoms. The van der Waals surface area contributed by atoms with Gasteiger partial charge in [-0.25, -0.2) is 0 Å². The van der Waals surface area contributed by atoms with Crippen LogP contribution in [0.4, 0.5) is 0 Å². The summed E-state index contributed by atoms with van der Waals surface area (Å²) in [6, 6.07) is -0.311. The van der Waals surface area contributed by atoms with Crippen molar-refractivity contribution in [3.8, 4) is 0 Å². The molecule has 92 valence electrons. The summed E-state index contributed by atoms with van der Waals surface area (Å²) in [5, 5.41) is 10.8. The van der Waals surface area contributed by atoms with Gasteiger partial charge in [-0.2, -0.15) is 0 Å². The first-order chi connectivity index (χ1) is 8.09. The minimum absolute atomic E-state index is 0.119. The summed E-state index contributed by atoms with van der Waals surface area (Å²) in [5.41, 5.74) is 0. The zero-order valence-corrected chi connectivity index (χ0v) is 9.88. The molecule has 1 saturated heterocycles. The van der Waals surface area contributed by atoms with Crippen LogP contribution in [0, 0.1) is 0 Å². The van der Waals surface area contributed by atoms with Crippen LogP contribution in [0.25, 0.3) is 0 Å². The average Bonchev–Trinajstić information content (AvgIpc) is 2.71. The quantitative estimate of drug-likeness (QED) is 0.686. The predicted molar refractivity (Wildman–Crippen MR) is 58.6 cm³/mol. The molecule has 1 unspecified atom stereocenters. The molecule has 1 aliphatic heterocycles. The van der Waals surface area contributed by atoms with Crippen molar-refractivity contribution >= 4 is 11.8 Å². The summed E-state index contributed by atoms with van der Waals surface area (Å²) in [7, 11) is 3.36. The lowest BCUT2D eigenvalue weighted by Crippen LogP contribution is -2.51. The Kier molecular flexibility index (Phi) is 3.19. The molecule has 2 rings (SSSR count). The topological polar surface area (TPSA) is 80.1 Å². The molecule has 2 amide bonds. The first kappa shape index (κ1) is 11.7. The number of piperidine rings is 1. The van der Waals surface area contributed by atoms with Crippen LogP contribution in [0.2, 0.25) is 0 Å². The predicted octanol–water partition coefficient (Wildman–Crippen LogP) is -0.948. The minimum atomic E-state index is -0.311. The smallest absolute Gasteiger partial charge is 0.246 e. The van der Waals surface area contributed by atoms with E-state index in [4.69, 9.17) is 0 Å². The van der Waals surface area contributed by atoms with Crippen LogP contribution >= 0.6 is 0 Å². The van der Waals surface area contributed by atoms with Gasteiger partial charge in [0.15, 0.2) is 0 Å². The van der Waals surface area contributed by atoms with E-state index < -0.39 is 0 Å². The average molecular weight is 237 g/mol. The Morgan fingerprint density at radius 1 is 1.47 bits per heavy atom. The Hall–Kier alpha value is -1.76. The maximum atomic E-state index is 11.8. The zero-order valence-electron chi connectivity index (χ0n) is 9.88. The van der Waals surface area contributed by atoms with Gasteiger partial charge in [-0.3, -0.25) is 19.8 Å². The van der Waals surface area contributed by atoms with E-state index in [0.29, 0.717) is 19.4 Å². The molecule has 1 N–H and O–H groups in total. The normalized spacial score (nSPS) is 21.1. The van der Waals surface area contributed by atoms with Crippen molar-refractivity contribution in [1.82, 2.24) is 25.0 Å². The van der Waals surface area contributed by atoms with Gasteiger partial charge in [-0.05, 0) is 6.42 Å². The number of likely N-dealkylation sites (tertiary alicyclic amines) is 1. The van der Waals surface area contributed by atoms with Crippen LogP contribution in [0.3, 0.4) is 0 Å². The third kappa shape index (κ3) is 2.33. The third-order valence-electron chi connectivity index (χ3n) is 2.96. The van der Waals surface area contributed by atoms with E-state index in [1.807, 2.05) is 7.05 Å². The van der Waals surface area contributed by atoms with Gasteiger partial charge in [0.1, 0.15) is 12.2 Å². The van der Waals surface area contributed by atoms with Crippen molar-refractivity contribution in [2.75, 3.05) is 7.05 Å². The van der Waals surface area contributed by atoms with E-state index >= 15 is 0 Å². The van der Waals surface area contributed by atoms with Crippen molar-refractivity contribution in [3.05, 3.63) is 12.2 Å². The number of aromatic nitrogens is 3. The Bertz CT molecular complexity index is 442. The fraction of sp³-hybridized carbons (Fsp3) is 0.600. The second-order valence-electron chi connectivity index (χ2n) is 4.12. The number of likely N-dealkylation sites (N-methyl/N-ethyl adjacent to an activating group) is 1. The van der Waals surface area contributed by atoms with Crippen LogP contribution in [-0.4, -0.2) is 44.6 Å². The molecule has 0 bridgehead atoms. The molecule has 0 spiro atoms. The van der Waals surface area contributed by atoms with Crippen molar-refractivity contribution < 1.29 is 9.59 Å². The Morgan fingerprint density at radius 2 is 2.24 bits per heavy atom. The van der Waals surface area contributed by atoms with Crippen LogP contribution < -0.4 is 5.32 Å². The monoisotopic (exact) mass is 237 g/mol. The fourth-order valence-electron chi connectivity index (χ4n) is 1.79. The van der Waals surface area contributed by atoms with E-state index in [9.17, 15) is 9.59 Å². The highest BCUT2D eigenvalue weighted by Crippen LogP contribution is 2.11. The van der Waals surface area contributed by atoms with E-state index in [1.54, 1.807) is 10.9 Å². The lowest BCUT2D eigenvalue weighted by Gasteiger charge is -2.28. The van der Waals surface area contributed by atoms with Gasteiger partial charge in [0, 0.05) is 20.5 Å². The lowest BCUT2D eigenvalue weighted by molar-refractivity contribution is -0.148. The molecule has 0 aliphatic carbocycles. The standard InChI is InChI=1S/C10H15N5O2/c1-14-6-12-13-8(14)5-11-7-3-4-9(16)15(2)10(7)17/h6-7,11H,3-5H2,1-2H3. The number of hydrogen-bond acceptors (Lipinski definition) is 5. The molecule has 1 aromatic heterocycles. The maximum Gasteiger partial charge on any atom is 0.246 e. The van der Waals surface area contributed by atoms with E-state index in [2.05, 4.69) is 15.5 Å². The number of nitrogens with one attached hydrogen (secondary N) is 1. The van der Waals surface area contributed by atoms with E-state index in [-0.39, 0.29) is 17.9 Å². The van der Waals surface area contributed by atoms with Gasteiger partial charge < -0.3 is 4.57 Å². The zero-order chi connectivity index (χ0) is 12.4. The van der Waals surface area contributed by atoms with Crippen molar-refractivity contribution in [1.29, 1.82) is 0 Å². The second-order valence-corrected chi connectivity index (χ2v) is 4.12. The molecule has 1 fully saturated rings. The first-order valence-corrected chi connectivity index (χ1v) is 5.46.